The molecule has 0 bridgehead atoms. The van der Waals surface area contributed by atoms with E-state index in [1.165, 1.54) is 11.3 Å². The molecular formula is C23H33N7O3. The number of carbonyl (C=O) groups is 2. The molecule has 10 nitrogen and oxygen atoms in total. The summed E-state index contributed by atoms with van der Waals surface area (Å²) in [5.41, 5.74) is 1.98. The number of nitrogens with zero attached hydrogens (tertiary/aromatic N) is 5. The van der Waals surface area contributed by atoms with Gasteiger partial charge in [0.15, 0.2) is 5.78 Å². The minimum absolute atomic E-state index is 0.116. The van der Waals surface area contributed by atoms with Crippen LogP contribution in [0.1, 0.15) is 55.9 Å². The van der Waals surface area contributed by atoms with E-state index in [2.05, 4.69) is 15.0 Å². The SMILES string of the molecule is Cc1nc(N(N)/C=N\N)ccc1C(O)CN1CCC2(CCCN(C3=CC(=O)CC3)C2=O)CC1. The van der Waals surface area contributed by atoms with E-state index >= 15 is 0 Å². The third-order valence-corrected chi connectivity index (χ3v) is 7.21. The average Bonchev–Trinajstić information content (AvgIpc) is 3.23. The first kappa shape index (κ1) is 23.3. The summed E-state index contributed by atoms with van der Waals surface area (Å²) < 4.78 is 0. The maximum absolute atomic E-state index is 13.4. The van der Waals surface area contributed by atoms with Crippen LogP contribution in [-0.4, -0.2) is 64.1 Å². The zero-order chi connectivity index (χ0) is 23.6. The highest BCUT2D eigenvalue weighted by atomic mass is 16.3. The van der Waals surface area contributed by atoms with Crippen LogP contribution in [-0.2, 0) is 9.59 Å². The van der Waals surface area contributed by atoms with Gasteiger partial charge < -0.3 is 20.7 Å². The number of carbonyl (C=O) groups excluding carboxylic acids is 2. The number of anilines is 1. The molecule has 0 aromatic carbocycles. The molecule has 0 saturated carbocycles. The maximum atomic E-state index is 13.4. The molecule has 2 fully saturated rings. The van der Waals surface area contributed by atoms with Crippen LogP contribution in [0.15, 0.2) is 29.0 Å². The summed E-state index contributed by atoms with van der Waals surface area (Å²) in [4.78, 5) is 33.6. The van der Waals surface area contributed by atoms with E-state index in [0.717, 1.165) is 50.0 Å². The van der Waals surface area contributed by atoms with Gasteiger partial charge in [-0.15, -0.1) is 0 Å². The lowest BCUT2D eigenvalue weighted by molar-refractivity contribution is -0.147. The van der Waals surface area contributed by atoms with Crippen LogP contribution < -0.4 is 16.7 Å². The number of allylic oxidation sites excluding steroid dienone is 2. The first-order valence-corrected chi connectivity index (χ1v) is 11.5. The predicted octanol–water partition coefficient (Wildman–Crippen LogP) is 0.957. The molecule has 3 heterocycles. The van der Waals surface area contributed by atoms with Gasteiger partial charge >= 0.3 is 0 Å². The number of ketones is 1. The number of aromatic nitrogens is 1. The van der Waals surface area contributed by atoms with Crippen molar-refractivity contribution < 1.29 is 14.7 Å². The number of hydrogen-bond donors (Lipinski definition) is 3. The Morgan fingerprint density at radius 1 is 1.24 bits per heavy atom. The van der Waals surface area contributed by atoms with Crippen LogP contribution in [0.25, 0.3) is 0 Å². The van der Waals surface area contributed by atoms with Crippen molar-refractivity contribution in [2.45, 2.75) is 51.6 Å². The molecule has 1 aromatic heterocycles. The van der Waals surface area contributed by atoms with Crippen molar-refractivity contribution in [1.82, 2.24) is 14.8 Å². The van der Waals surface area contributed by atoms with Gasteiger partial charge in [-0.3, -0.25) is 9.59 Å². The summed E-state index contributed by atoms with van der Waals surface area (Å²) in [6.45, 7) is 4.53. The van der Waals surface area contributed by atoms with E-state index < -0.39 is 6.10 Å². The highest BCUT2D eigenvalue weighted by Crippen LogP contribution is 2.43. The lowest BCUT2D eigenvalue weighted by Gasteiger charge is -2.47. The normalized spacial score (nSPS) is 22.3. The molecule has 1 aromatic rings. The standard InChI is InChI=1S/C23H33N7O3/c1-16-19(5-6-21(27-16)30(25)15-26-24)20(32)14-28-11-8-23(9-12-28)7-2-10-29(22(23)33)17-3-4-18(31)13-17/h5-6,13,15,20,32H,2-4,7-12,14,24-25H2,1H3/b26-15-. The van der Waals surface area contributed by atoms with Gasteiger partial charge in [-0.2, -0.15) is 5.10 Å². The van der Waals surface area contributed by atoms with Gasteiger partial charge in [0.05, 0.1) is 11.5 Å². The van der Waals surface area contributed by atoms with Crippen LogP contribution in [0.5, 0.6) is 0 Å². The Hall–Kier alpha value is -2.82. The number of hydrazine groups is 1. The molecule has 5 N–H and O–H groups in total. The second kappa shape index (κ2) is 9.58. The van der Waals surface area contributed by atoms with Crippen LogP contribution >= 0.6 is 0 Å². The fraction of sp³-hybridized carbons (Fsp3) is 0.565. The summed E-state index contributed by atoms with van der Waals surface area (Å²) in [7, 11) is 0. The van der Waals surface area contributed by atoms with Crippen LogP contribution in [0.4, 0.5) is 5.82 Å². The molecule has 33 heavy (non-hydrogen) atoms. The molecule has 178 valence electrons. The number of pyridine rings is 1. The number of β-amino-alcohol motifs (C(OH)–C–C–N with tert-alkyl or cyclic N) is 1. The molecule has 4 rings (SSSR count). The zero-order valence-corrected chi connectivity index (χ0v) is 19.1. The first-order valence-electron chi connectivity index (χ1n) is 11.5. The van der Waals surface area contributed by atoms with Gasteiger partial charge in [0, 0.05) is 42.5 Å². The Labute approximate surface area is 193 Å². The Morgan fingerprint density at radius 2 is 2.00 bits per heavy atom. The molecule has 2 aliphatic heterocycles. The largest absolute Gasteiger partial charge is 0.387 e. The molecule has 10 heteroatoms. The third kappa shape index (κ3) is 4.78. The fourth-order valence-electron chi connectivity index (χ4n) is 5.29. The Balaban J connectivity index is 1.37. The number of amides is 1. The van der Waals surface area contributed by atoms with E-state index in [-0.39, 0.29) is 17.1 Å². The summed E-state index contributed by atoms with van der Waals surface area (Å²) in [5.74, 6) is 11.7. The van der Waals surface area contributed by atoms with Crippen LogP contribution in [0, 0.1) is 12.3 Å². The number of aliphatic hydroxyl groups is 1. The van der Waals surface area contributed by atoms with Crippen molar-refractivity contribution in [2.75, 3.05) is 31.2 Å². The summed E-state index contributed by atoms with van der Waals surface area (Å²) in [6.07, 6.45) is 6.80. The topological polar surface area (TPSA) is 141 Å². The highest BCUT2D eigenvalue weighted by Gasteiger charge is 2.46. The number of aliphatic hydroxyl groups excluding tert-OH is 1. The smallest absolute Gasteiger partial charge is 0.233 e. The van der Waals surface area contributed by atoms with Crippen LogP contribution in [0.2, 0.25) is 0 Å². The molecular weight excluding hydrogens is 422 g/mol. The molecule has 0 radical (unpaired) electrons. The third-order valence-electron chi connectivity index (χ3n) is 7.21. The molecule has 1 aliphatic carbocycles. The molecule has 1 unspecified atom stereocenters. The van der Waals surface area contributed by atoms with Gasteiger partial charge in [0.1, 0.15) is 12.2 Å². The monoisotopic (exact) mass is 455 g/mol. The van der Waals surface area contributed by atoms with E-state index in [1.807, 2.05) is 17.9 Å². The number of likely N-dealkylation sites (tertiary alicyclic amines) is 2. The van der Waals surface area contributed by atoms with Gasteiger partial charge in [0.25, 0.3) is 0 Å². The maximum Gasteiger partial charge on any atom is 0.233 e. The second-order valence-electron chi connectivity index (χ2n) is 9.27. The Morgan fingerprint density at radius 3 is 2.64 bits per heavy atom. The highest BCUT2D eigenvalue weighted by molar-refractivity contribution is 5.95. The first-order chi connectivity index (χ1) is 15.8. The lowest BCUT2D eigenvalue weighted by Crippen LogP contribution is -2.53. The van der Waals surface area contributed by atoms with Gasteiger partial charge in [-0.1, -0.05) is 6.07 Å². The summed E-state index contributed by atoms with van der Waals surface area (Å²) in [5, 5.41) is 15.5. The van der Waals surface area contributed by atoms with E-state index in [0.29, 0.717) is 37.4 Å². The number of aryl methyl sites for hydroxylation is 1. The van der Waals surface area contributed by atoms with Crippen molar-refractivity contribution >= 4 is 23.8 Å². The van der Waals surface area contributed by atoms with Crippen molar-refractivity contribution in [3.05, 3.63) is 35.2 Å². The van der Waals surface area contributed by atoms with Gasteiger partial charge in [-0.25, -0.2) is 15.8 Å². The molecule has 2 saturated heterocycles. The number of rotatable bonds is 6. The van der Waals surface area contributed by atoms with E-state index in [4.69, 9.17) is 11.7 Å². The lowest BCUT2D eigenvalue weighted by atomic mass is 9.71. The number of hydrogen-bond acceptors (Lipinski definition) is 8. The van der Waals surface area contributed by atoms with E-state index in [1.54, 1.807) is 12.1 Å². The average molecular weight is 456 g/mol. The minimum atomic E-state index is -0.691. The molecule has 1 spiro atoms. The van der Waals surface area contributed by atoms with Crippen molar-refractivity contribution in [3.63, 3.8) is 0 Å². The molecule has 3 aliphatic rings. The Bertz CT molecular complexity index is 969. The number of nitrogens with two attached hydrogens (primary N) is 2. The Kier molecular flexibility index (Phi) is 6.78. The zero-order valence-electron chi connectivity index (χ0n) is 19.1. The van der Waals surface area contributed by atoms with Gasteiger partial charge in [0.2, 0.25) is 5.91 Å². The summed E-state index contributed by atoms with van der Waals surface area (Å²) in [6, 6.07) is 3.54. The second-order valence-corrected chi connectivity index (χ2v) is 9.27. The fourth-order valence-corrected chi connectivity index (χ4v) is 5.29. The number of hydrazone groups is 1. The van der Waals surface area contributed by atoms with E-state index in [9.17, 15) is 14.7 Å². The minimum Gasteiger partial charge on any atom is -0.387 e. The van der Waals surface area contributed by atoms with Crippen LogP contribution in [0.3, 0.4) is 0 Å². The van der Waals surface area contributed by atoms with Crippen molar-refractivity contribution in [2.24, 2.45) is 22.2 Å². The predicted molar refractivity (Wildman–Crippen MR) is 125 cm³/mol. The quantitative estimate of drug-likeness (QED) is 0.249. The molecule has 1 atom stereocenters. The van der Waals surface area contributed by atoms with Gasteiger partial charge in [-0.05, 0) is 58.2 Å². The molecule has 1 amide bonds. The number of piperidine rings is 2. The van der Waals surface area contributed by atoms with Crippen molar-refractivity contribution in [3.8, 4) is 0 Å². The van der Waals surface area contributed by atoms with Crippen molar-refractivity contribution in [1.29, 1.82) is 0 Å². The summed E-state index contributed by atoms with van der Waals surface area (Å²) >= 11 is 0.